The molecule has 1 aromatic carbocycles. The number of fused-ring (bicyclic) bond motifs is 1. The van der Waals surface area contributed by atoms with Crippen LogP contribution in [0.5, 0.6) is 0 Å². The number of rotatable bonds is 4. The van der Waals surface area contributed by atoms with Crippen molar-refractivity contribution in [1.82, 2.24) is 19.7 Å². The van der Waals surface area contributed by atoms with Crippen LogP contribution < -0.4 is 5.56 Å². The fourth-order valence-electron chi connectivity index (χ4n) is 2.33. The summed E-state index contributed by atoms with van der Waals surface area (Å²) in [6.07, 6.45) is 3.55. The fraction of sp³-hybridized carbons (Fsp3) is 0.125. The van der Waals surface area contributed by atoms with Gasteiger partial charge in [-0.05, 0) is 17.9 Å². The van der Waals surface area contributed by atoms with Crippen LogP contribution in [-0.4, -0.2) is 26.0 Å². The summed E-state index contributed by atoms with van der Waals surface area (Å²) in [6.45, 7) is 0.401. The van der Waals surface area contributed by atoms with Crippen molar-refractivity contribution in [3.05, 3.63) is 58.1 Å². The lowest BCUT2D eigenvalue weighted by atomic mass is 10.2. The molecule has 0 aliphatic heterocycles. The first-order valence-electron chi connectivity index (χ1n) is 7.15. The van der Waals surface area contributed by atoms with E-state index in [-0.39, 0.29) is 5.56 Å². The van der Waals surface area contributed by atoms with Gasteiger partial charge in [-0.2, -0.15) is 0 Å². The average Bonchev–Trinajstić information content (AvgIpc) is 3.25. The lowest BCUT2D eigenvalue weighted by Crippen LogP contribution is -2.20. The monoisotopic (exact) mass is 372 g/mol. The van der Waals surface area contributed by atoms with Gasteiger partial charge in [-0.25, -0.2) is 4.98 Å². The van der Waals surface area contributed by atoms with Gasteiger partial charge in [0.15, 0.2) is 4.34 Å². The second-order valence-electron chi connectivity index (χ2n) is 5.03. The highest BCUT2D eigenvalue weighted by Gasteiger charge is 2.12. The summed E-state index contributed by atoms with van der Waals surface area (Å²) in [5.41, 5.74) is 1.80. The SMILES string of the molecule is CSc1nnc(Cn2cnc3cc(-c4ccccc4)sc3c2=O)s1. The summed E-state index contributed by atoms with van der Waals surface area (Å²) in [6, 6.07) is 12.0. The van der Waals surface area contributed by atoms with Crippen molar-refractivity contribution in [3.63, 3.8) is 0 Å². The van der Waals surface area contributed by atoms with Crippen LogP contribution in [0.15, 0.2) is 51.9 Å². The standard InChI is InChI=1S/C16H12N4OS3/c1-22-16-19-18-13(24-16)8-20-9-17-11-7-12(23-14(11)15(20)21)10-5-3-2-4-6-10/h2-7,9H,8H2,1H3. The molecule has 0 N–H and O–H groups in total. The van der Waals surface area contributed by atoms with Crippen LogP contribution in [-0.2, 0) is 6.54 Å². The van der Waals surface area contributed by atoms with Crippen LogP contribution in [0.1, 0.15) is 5.01 Å². The van der Waals surface area contributed by atoms with E-state index < -0.39 is 0 Å². The third-order valence-corrected chi connectivity index (χ3v) is 6.54. The topological polar surface area (TPSA) is 60.7 Å². The molecular formula is C16H12N4OS3. The zero-order valence-corrected chi connectivity index (χ0v) is 15.1. The third kappa shape index (κ3) is 2.88. The Kier molecular flexibility index (Phi) is 4.17. The van der Waals surface area contributed by atoms with E-state index in [0.29, 0.717) is 11.2 Å². The molecule has 0 saturated heterocycles. The molecule has 0 bridgehead atoms. The van der Waals surface area contributed by atoms with Crippen molar-refractivity contribution in [2.24, 2.45) is 0 Å². The Morgan fingerprint density at radius 2 is 2.00 bits per heavy atom. The lowest BCUT2D eigenvalue weighted by Gasteiger charge is -2.01. The first-order valence-corrected chi connectivity index (χ1v) is 10.0. The van der Waals surface area contributed by atoms with E-state index in [9.17, 15) is 4.79 Å². The number of thioether (sulfide) groups is 1. The second-order valence-corrected chi connectivity index (χ2v) is 8.20. The molecular weight excluding hydrogens is 360 g/mol. The summed E-state index contributed by atoms with van der Waals surface area (Å²) < 4.78 is 3.17. The van der Waals surface area contributed by atoms with Crippen LogP contribution in [0.25, 0.3) is 20.7 Å². The molecule has 0 atom stereocenters. The molecule has 0 amide bonds. The maximum absolute atomic E-state index is 12.7. The van der Waals surface area contributed by atoms with Crippen LogP contribution in [0.4, 0.5) is 0 Å². The van der Waals surface area contributed by atoms with Gasteiger partial charge in [-0.3, -0.25) is 9.36 Å². The predicted octanol–water partition coefficient (Wildman–Crippen LogP) is 3.75. The van der Waals surface area contributed by atoms with Crippen molar-refractivity contribution in [2.45, 2.75) is 10.9 Å². The van der Waals surface area contributed by atoms with E-state index in [1.807, 2.05) is 42.7 Å². The van der Waals surface area contributed by atoms with Crippen LogP contribution in [0.2, 0.25) is 0 Å². The maximum Gasteiger partial charge on any atom is 0.271 e. The quantitative estimate of drug-likeness (QED) is 0.511. The lowest BCUT2D eigenvalue weighted by molar-refractivity contribution is 0.733. The van der Waals surface area contributed by atoms with Gasteiger partial charge in [0.1, 0.15) is 9.71 Å². The Hall–Kier alpha value is -2.03. The highest BCUT2D eigenvalue weighted by Crippen LogP contribution is 2.30. The molecule has 3 heterocycles. The summed E-state index contributed by atoms with van der Waals surface area (Å²) in [7, 11) is 0. The molecule has 120 valence electrons. The van der Waals surface area contributed by atoms with E-state index in [4.69, 9.17) is 0 Å². The average molecular weight is 373 g/mol. The normalized spacial score (nSPS) is 11.2. The largest absolute Gasteiger partial charge is 0.291 e. The van der Waals surface area contributed by atoms with Gasteiger partial charge in [-0.15, -0.1) is 21.5 Å². The molecule has 8 heteroatoms. The zero-order chi connectivity index (χ0) is 16.5. The van der Waals surface area contributed by atoms with E-state index in [1.54, 1.807) is 22.7 Å². The molecule has 5 nitrogen and oxygen atoms in total. The Morgan fingerprint density at radius 1 is 1.17 bits per heavy atom. The fourth-order valence-corrected chi connectivity index (χ4v) is 4.71. The molecule has 4 aromatic rings. The highest BCUT2D eigenvalue weighted by molar-refractivity contribution is 8.00. The van der Waals surface area contributed by atoms with Gasteiger partial charge >= 0.3 is 0 Å². The third-order valence-electron chi connectivity index (χ3n) is 3.49. The van der Waals surface area contributed by atoms with Gasteiger partial charge in [0.2, 0.25) is 0 Å². The Balaban J connectivity index is 1.73. The van der Waals surface area contributed by atoms with Crippen molar-refractivity contribution >= 4 is 44.7 Å². The van der Waals surface area contributed by atoms with Crippen molar-refractivity contribution in [2.75, 3.05) is 6.26 Å². The van der Waals surface area contributed by atoms with Crippen LogP contribution >= 0.6 is 34.4 Å². The maximum atomic E-state index is 12.7. The zero-order valence-electron chi connectivity index (χ0n) is 12.7. The number of benzene rings is 1. The van der Waals surface area contributed by atoms with Gasteiger partial charge in [0, 0.05) is 4.88 Å². The van der Waals surface area contributed by atoms with Crippen molar-refractivity contribution in [1.29, 1.82) is 0 Å². The number of hydrogen-bond donors (Lipinski definition) is 0. The molecule has 3 aromatic heterocycles. The predicted molar refractivity (Wildman–Crippen MR) is 100 cm³/mol. The highest BCUT2D eigenvalue weighted by atomic mass is 32.2. The summed E-state index contributed by atoms with van der Waals surface area (Å²) >= 11 is 4.53. The number of aromatic nitrogens is 4. The first kappa shape index (κ1) is 15.5. The molecule has 0 fully saturated rings. The van der Waals surface area contributed by atoms with Crippen molar-refractivity contribution < 1.29 is 0 Å². The summed E-state index contributed by atoms with van der Waals surface area (Å²) in [5.74, 6) is 0. The molecule has 4 rings (SSSR count). The molecule has 0 unspecified atom stereocenters. The number of thiophene rings is 1. The second kappa shape index (κ2) is 6.46. The molecule has 0 spiro atoms. The number of hydrogen-bond acceptors (Lipinski definition) is 7. The molecule has 0 aliphatic carbocycles. The van der Waals surface area contributed by atoms with E-state index in [1.165, 1.54) is 22.7 Å². The minimum absolute atomic E-state index is 0.0342. The smallest absolute Gasteiger partial charge is 0.271 e. The molecule has 0 radical (unpaired) electrons. The van der Waals surface area contributed by atoms with Gasteiger partial charge in [0.25, 0.3) is 5.56 Å². The molecule has 0 saturated carbocycles. The Labute approximate surface area is 150 Å². The first-order chi connectivity index (χ1) is 11.7. The molecule has 0 aliphatic rings. The van der Waals surface area contributed by atoms with Gasteiger partial charge in [-0.1, -0.05) is 53.4 Å². The van der Waals surface area contributed by atoms with Gasteiger partial charge in [0.05, 0.1) is 18.4 Å². The Bertz CT molecular complexity index is 1050. The van der Waals surface area contributed by atoms with Crippen LogP contribution in [0.3, 0.4) is 0 Å². The Morgan fingerprint density at radius 3 is 2.75 bits per heavy atom. The summed E-state index contributed by atoms with van der Waals surface area (Å²) in [4.78, 5) is 18.2. The van der Waals surface area contributed by atoms with Gasteiger partial charge < -0.3 is 0 Å². The minimum atomic E-state index is -0.0342. The minimum Gasteiger partial charge on any atom is -0.291 e. The molecule has 24 heavy (non-hydrogen) atoms. The van der Waals surface area contributed by atoms with Crippen molar-refractivity contribution in [3.8, 4) is 10.4 Å². The number of nitrogens with zero attached hydrogens (tertiary/aromatic N) is 4. The summed E-state index contributed by atoms with van der Waals surface area (Å²) in [5, 5.41) is 8.99. The van der Waals surface area contributed by atoms with Crippen LogP contribution in [0, 0.1) is 0 Å². The van der Waals surface area contributed by atoms with E-state index >= 15 is 0 Å². The van der Waals surface area contributed by atoms with E-state index in [2.05, 4.69) is 15.2 Å². The van der Waals surface area contributed by atoms with E-state index in [0.717, 1.165) is 25.3 Å².